The van der Waals surface area contributed by atoms with E-state index in [1.807, 2.05) is 76.2 Å². The monoisotopic (exact) mass is 833 g/mol. The zero-order valence-electron chi connectivity index (χ0n) is 37.3. The summed E-state index contributed by atoms with van der Waals surface area (Å²) in [4.78, 5) is 25.9. The second-order valence-electron chi connectivity index (χ2n) is 18.0. The van der Waals surface area contributed by atoms with E-state index in [9.17, 15) is 14.7 Å². The molecule has 0 heterocycles. The molecule has 0 radical (unpaired) electrons. The molecule has 0 aliphatic carbocycles. The molecule has 0 bridgehead atoms. The molecule has 0 aliphatic rings. The van der Waals surface area contributed by atoms with E-state index in [0.29, 0.717) is 52.1 Å². The molecule has 0 aliphatic heterocycles. The molecule has 320 valence electrons. The van der Waals surface area contributed by atoms with Gasteiger partial charge in [0.1, 0.15) is 5.78 Å². The Bertz CT molecular complexity index is 1330. The first-order chi connectivity index (χ1) is 26.3. The Morgan fingerprint density at radius 2 is 1.11 bits per heavy atom. The number of hydrogen-bond donors (Lipinski definition) is 2. The lowest BCUT2D eigenvalue weighted by atomic mass is 9.99. The van der Waals surface area contributed by atoms with Crippen LogP contribution in [0.1, 0.15) is 119 Å². The van der Waals surface area contributed by atoms with E-state index in [2.05, 4.69) is 66.8 Å². The second kappa shape index (κ2) is 24.5. The molecule has 0 fully saturated rings. The van der Waals surface area contributed by atoms with Crippen molar-refractivity contribution in [2.45, 2.75) is 193 Å². The minimum absolute atomic E-state index is 0.0133. The number of ketones is 1. The van der Waals surface area contributed by atoms with Gasteiger partial charge in [0.2, 0.25) is 0 Å². The van der Waals surface area contributed by atoms with Crippen LogP contribution >= 0.6 is 0 Å². The summed E-state index contributed by atoms with van der Waals surface area (Å²) >= 11 is 0. The molecule has 2 N–H and O–H groups in total. The molecule has 8 nitrogen and oxygen atoms in total. The van der Waals surface area contributed by atoms with Gasteiger partial charge in [-0.3, -0.25) is 4.79 Å². The molecule has 0 unspecified atom stereocenters. The molecule has 0 amide bonds. The minimum atomic E-state index is -3.15. The van der Waals surface area contributed by atoms with Crippen molar-refractivity contribution >= 4 is 31.0 Å². The lowest BCUT2D eigenvalue weighted by molar-refractivity contribution is -0.123. The summed E-state index contributed by atoms with van der Waals surface area (Å²) in [7, 11) is -7.44. The van der Waals surface area contributed by atoms with Gasteiger partial charge in [-0.2, -0.15) is 0 Å². The quantitative estimate of drug-likeness (QED) is 0.0617. The van der Waals surface area contributed by atoms with Crippen molar-refractivity contribution in [3.63, 3.8) is 0 Å². The smallest absolute Gasteiger partial charge is 0.340 e. The average Bonchev–Trinajstić information content (AvgIpc) is 3.13. The van der Waals surface area contributed by atoms with E-state index in [1.165, 1.54) is 0 Å². The SMILES string of the molecule is CC[Si](CC)(CC)O[C@@H](CCOCc1ccccc1)C[C@H](O)CC(=O)C[C@H](C[C@H](CCOCc1ccccc1)O[Si](O)(C(C)C)C(C)C)O[Si](C)(C)C(C)(C)C. The van der Waals surface area contributed by atoms with Gasteiger partial charge >= 0.3 is 8.56 Å². The van der Waals surface area contributed by atoms with Gasteiger partial charge in [-0.15, -0.1) is 0 Å². The Morgan fingerprint density at radius 3 is 1.52 bits per heavy atom. The fourth-order valence-corrected chi connectivity index (χ4v) is 13.9. The number of rotatable bonds is 29. The Labute approximate surface area is 344 Å². The summed E-state index contributed by atoms with van der Waals surface area (Å²) in [5, 5.41) is 11.4. The van der Waals surface area contributed by atoms with Gasteiger partial charge in [0.15, 0.2) is 16.6 Å². The third-order valence-electron chi connectivity index (χ3n) is 12.0. The second-order valence-corrected chi connectivity index (χ2v) is 31.5. The number of carbonyl (C=O) groups is 1. The van der Waals surface area contributed by atoms with Gasteiger partial charge in [0.25, 0.3) is 0 Å². The van der Waals surface area contributed by atoms with E-state index in [-0.39, 0.29) is 47.0 Å². The molecular weight excluding hydrogens is 753 g/mol. The fraction of sp³-hybridized carbons (Fsp3) is 0.711. The predicted octanol–water partition coefficient (Wildman–Crippen LogP) is 11.1. The highest BCUT2D eigenvalue weighted by Crippen LogP contribution is 2.39. The van der Waals surface area contributed by atoms with Crippen molar-refractivity contribution < 1.29 is 37.4 Å². The summed E-state index contributed by atoms with van der Waals surface area (Å²) in [5.74, 6) is -0.0374. The average molecular weight is 833 g/mol. The van der Waals surface area contributed by atoms with E-state index in [4.69, 9.17) is 22.8 Å². The van der Waals surface area contributed by atoms with Crippen molar-refractivity contribution in [3.8, 4) is 0 Å². The third kappa shape index (κ3) is 17.4. The van der Waals surface area contributed by atoms with Crippen LogP contribution in [0.5, 0.6) is 0 Å². The van der Waals surface area contributed by atoms with Crippen LogP contribution < -0.4 is 0 Å². The molecule has 2 aromatic carbocycles. The molecule has 4 atom stereocenters. The van der Waals surface area contributed by atoms with E-state index >= 15 is 0 Å². The zero-order chi connectivity index (χ0) is 42.0. The van der Waals surface area contributed by atoms with Crippen LogP contribution in [-0.4, -0.2) is 78.5 Å². The Hall–Kier alpha value is -1.52. The first kappa shape index (κ1) is 50.6. The minimum Gasteiger partial charge on any atom is -0.414 e. The normalized spacial score (nSPS) is 15.3. The Kier molecular flexibility index (Phi) is 22.2. The number of carbonyl (C=O) groups excluding carboxylic acids is 1. The number of Topliss-reactive ketones (excluding diaryl/α,β-unsaturated/α-hetero) is 1. The lowest BCUT2D eigenvalue weighted by Gasteiger charge is -2.41. The lowest BCUT2D eigenvalue weighted by Crippen LogP contribution is -2.50. The molecule has 0 saturated heterocycles. The summed E-state index contributed by atoms with van der Waals surface area (Å²) in [5.41, 5.74) is 2.20. The predicted molar refractivity (Wildman–Crippen MR) is 238 cm³/mol. The van der Waals surface area contributed by atoms with Gasteiger partial charge in [-0.05, 0) is 84.2 Å². The summed E-state index contributed by atoms with van der Waals surface area (Å²) in [6.45, 7) is 27.8. The molecule has 2 rings (SSSR count). The number of hydrogen-bond acceptors (Lipinski definition) is 8. The summed E-state index contributed by atoms with van der Waals surface area (Å²) < 4.78 is 32.9. The summed E-state index contributed by atoms with van der Waals surface area (Å²) in [6.07, 6.45) is 0.453. The van der Waals surface area contributed by atoms with Crippen LogP contribution in [0.2, 0.25) is 47.3 Å². The molecule has 0 spiro atoms. The van der Waals surface area contributed by atoms with Gasteiger partial charge < -0.3 is 32.7 Å². The first-order valence-electron chi connectivity index (χ1n) is 21.5. The Morgan fingerprint density at radius 1 is 0.661 bits per heavy atom. The van der Waals surface area contributed by atoms with E-state index in [1.54, 1.807) is 0 Å². The molecule has 2 aromatic rings. The molecule has 0 aromatic heterocycles. The van der Waals surface area contributed by atoms with Crippen LogP contribution in [0.4, 0.5) is 0 Å². The highest BCUT2D eigenvalue weighted by molar-refractivity contribution is 6.74. The highest BCUT2D eigenvalue weighted by atomic mass is 28.4. The van der Waals surface area contributed by atoms with Gasteiger partial charge in [0.05, 0.1) is 31.5 Å². The van der Waals surface area contributed by atoms with E-state index in [0.717, 1.165) is 29.3 Å². The van der Waals surface area contributed by atoms with Crippen molar-refractivity contribution in [2.75, 3.05) is 13.2 Å². The maximum absolute atomic E-state index is 14.0. The van der Waals surface area contributed by atoms with Crippen molar-refractivity contribution in [1.29, 1.82) is 0 Å². The molecule has 56 heavy (non-hydrogen) atoms. The first-order valence-corrected chi connectivity index (χ1v) is 28.9. The van der Waals surface area contributed by atoms with Gasteiger partial charge in [-0.25, -0.2) is 0 Å². The third-order valence-corrected chi connectivity index (χ3v) is 25.3. The largest absolute Gasteiger partial charge is 0.414 e. The van der Waals surface area contributed by atoms with Crippen molar-refractivity contribution in [3.05, 3.63) is 71.8 Å². The molecular formula is C45H80O8Si3. The maximum atomic E-state index is 14.0. The standard InChI is InChI=1S/C45H80O8Si3/c1-13-55(14-2,15-3)52-42(26-28-49-34-38-22-18-16-19-23-38)31-40(46)30-41(47)32-44(51-54(11,12)45(8,9)10)33-43(53-56(48,36(4)5)37(6)7)27-29-50-35-39-24-20-17-21-25-39/h16-25,36-37,40,42-44,46,48H,13-15,26-35H2,1-12H3/t40-,42+,43+,44-/m1/s1. The number of ether oxygens (including phenoxy) is 2. The van der Waals surface area contributed by atoms with Crippen molar-refractivity contribution in [2.24, 2.45) is 0 Å². The Balaban J connectivity index is 2.25. The van der Waals surface area contributed by atoms with Crippen molar-refractivity contribution in [1.82, 2.24) is 0 Å². The van der Waals surface area contributed by atoms with Gasteiger partial charge in [0, 0.05) is 32.2 Å². The van der Waals surface area contributed by atoms with Crippen LogP contribution in [-0.2, 0) is 40.8 Å². The van der Waals surface area contributed by atoms with Crippen LogP contribution in [0.15, 0.2) is 60.7 Å². The number of aliphatic hydroxyl groups is 1. The van der Waals surface area contributed by atoms with Crippen LogP contribution in [0.25, 0.3) is 0 Å². The fourth-order valence-electron chi connectivity index (χ4n) is 7.01. The highest BCUT2D eigenvalue weighted by Gasteiger charge is 2.45. The van der Waals surface area contributed by atoms with E-state index < -0.39 is 37.4 Å². The van der Waals surface area contributed by atoms with Gasteiger partial charge in [-0.1, -0.05) is 130 Å². The number of aliphatic hydroxyl groups excluding tert-OH is 1. The zero-order valence-corrected chi connectivity index (χ0v) is 40.3. The molecule has 0 saturated carbocycles. The molecule has 11 heteroatoms. The topological polar surface area (TPSA) is 104 Å². The van der Waals surface area contributed by atoms with Crippen LogP contribution in [0.3, 0.4) is 0 Å². The number of benzene rings is 2. The summed E-state index contributed by atoms with van der Waals surface area (Å²) in [6, 6.07) is 23.2. The van der Waals surface area contributed by atoms with Crippen LogP contribution in [0, 0.1) is 0 Å². The maximum Gasteiger partial charge on any atom is 0.340 e.